The molecule has 2 aromatic rings. The van der Waals surface area contributed by atoms with E-state index in [4.69, 9.17) is 11.6 Å². The van der Waals surface area contributed by atoms with E-state index in [0.29, 0.717) is 17.6 Å². The minimum Gasteiger partial charge on any atom is -0.395 e. The Morgan fingerprint density at radius 1 is 1.42 bits per heavy atom. The summed E-state index contributed by atoms with van der Waals surface area (Å²) < 4.78 is 2.06. The van der Waals surface area contributed by atoms with Gasteiger partial charge in [-0.1, -0.05) is 25.4 Å². The summed E-state index contributed by atoms with van der Waals surface area (Å²) in [7, 11) is 0. The molecule has 0 fully saturated rings. The number of nitrogens with zero attached hydrogens (tertiary/aromatic N) is 2. The monoisotopic (exact) mass is 281 g/mol. The normalized spacial score (nSPS) is 11.6. The van der Waals surface area contributed by atoms with Crippen LogP contribution in [0.3, 0.4) is 0 Å². The van der Waals surface area contributed by atoms with Crippen LogP contribution in [0, 0.1) is 0 Å². The molecular weight excluding hydrogens is 262 g/mol. The number of hydrogen-bond donors (Lipinski definition) is 2. The Bertz CT molecular complexity index is 551. The molecule has 1 aromatic carbocycles. The molecule has 0 atom stereocenters. The molecule has 0 spiro atoms. The zero-order valence-corrected chi connectivity index (χ0v) is 12.1. The Hall–Kier alpha value is -1.10. The molecule has 104 valence electrons. The first-order chi connectivity index (χ1) is 9.11. The van der Waals surface area contributed by atoms with Crippen molar-refractivity contribution >= 4 is 22.6 Å². The highest BCUT2D eigenvalue weighted by Gasteiger charge is 2.10. The van der Waals surface area contributed by atoms with Gasteiger partial charge in [-0.15, -0.1) is 0 Å². The van der Waals surface area contributed by atoms with E-state index in [-0.39, 0.29) is 6.61 Å². The Balaban J connectivity index is 2.27. The summed E-state index contributed by atoms with van der Waals surface area (Å²) in [5, 5.41) is 13.3. The molecule has 0 saturated carbocycles. The first-order valence-electron chi connectivity index (χ1n) is 6.60. The van der Waals surface area contributed by atoms with E-state index in [1.165, 1.54) is 0 Å². The van der Waals surface area contributed by atoms with Crippen molar-refractivity contribution in [1.29, 1.82) is 0 Å². The largest absolute Gasteiger partial charge is 0.395 e. The van der Waals surface area contributed by atoms with Crippen LogP contribution in [-0.2, 0) is 13.0 Å². The number of halogens is 1. The predicted molar refractivity (Wildman–Crippen MR) is 78.7 cm³/mol. The summed E-state index contributed by atoms with van der Waals surface area (Å²) in [5.41, 5.74) is 1.92. The number of imidazole rings is 1. The molecule has 1 aromatic heterocycles. The van der Waals surface area contributed by atoms with Crippen molar-refractivity contribution in [3.05, 3.63) is 29.0 Å². The van der Waals surface area contributed by atoms with Gasteiger partial charge in [-0.05, 0) is 18.2 Å². The first kappa shape index (κ1) is 14.3. The van der Waals surface area contributed by atoms with Gasteiger partial charge in [0, 0.05) is 30.6 Å². The third-order valence-corrected chi connectivity index (χ3v) is 3.25. The summed E-state index contributed by atoms with van der Waals surface area (Å²) in [6, 6.07) is 6.14. The number of benzene rings is 1. The fourth-order valence-corrected chi connectivity index (χ4v) is 2.33. The smallest absolute Gasteiger partial charge is 0.111 e. The third-order valence-electron chi connectivity index (χ3n) is 3.01. The van der Waals surface area contributed by atoms with Gasteiger partial charge >= 0.3 is 0 Å². The van der Waals surface area contributed by atoms with Gasteiger partial charge < -0.3 is 15.0 Å². The highest BCUT2D eigenvalue weighted by molar-refractivity contribution is 6.31. The van der Waals surface area contributed by atoms with Crippen LogP contribution >= 0.6 is 11.6 Å². The molecule has 0 unspecified atom stereocenters. The second-order valence-corrected chi connectivity index (χ2v) is 5.33. The van der Waals surface area contributed by atoms with Crippen LogP contribution in [0.15, 0.2) is 18.2 Å². The van der Waals surface area contributed by atoms with Crippen LogP contribution in [0.4, 0.5) is 0 Å². The van der Waals surface area contributed by atoms with Crippen LogP contribution in [0.2, 0.25) is 5.02 Å². The van der Waals surface area contributed by atoms with E-state index < -0.39 is 0 Å². The molecule has 0 aliphatic carbocycles. The maximum atomic E-state index is 9.20. The Morgan fingerprint density at radius 2 is 2.21 bits per heavy atom. The van der Waals surface area contributed by atoms with Gasteiger partial charge in [0.2, 0.25) is 0 Å². The lowest BCUT2D eigenvalue weighted by atomic mass is 10.3. The highest BCUT2D eigenvalue weighted by Crippen LogP contribution is 2.20. The quantitative estimate of drug-likeness (QED) is 0.854. The van der Waals surface area contributed by atoms with E-state index in [1.807, 2.05) is 18.2 Å². The van der Waals surface area contributed by atoms with Crippen molar-refractivity contribution in [3.63, 3.8) is 0 Å². The lowest BCUT2D eigenvalue weighted by Gasteiger charge is -2.09. The number of nitrogens with one attached hydrogen (secondary N) is 1. The number of hydrogen-bond acceptors (Lipinski definition) is 3. The molecule has 0 radical (unpaired) electrons. The molecule has 2 N–H and O–H groups in total. The van der Waals surface area contributed by atoms with Gasteiger partial charge in [0.05, 0.1) is 17.6 Å². The molecule has 2 rings (SSSR count). The van der Waals surface area contributed by atoms with Crippen molar-refractivity contribution in [3.8, 4) is 0 Å². The first-order valence-corrected chi connectivity index (χ1v) is 6.98. The van der Waals surface area contributed by atoms with Gasteiger partial charge in [-0.25, -0.2) is 4.98 Å². The summed E-state index contributed by atoms with van der Waals surface area (Å²) >= 11 is 5.99. The molecule has 0 bridgehead atoms. The van der Waals surface area contributed by atoms with Crippen molar-refractivity contribution < 1.29 is 5.11 Å². The molecule has 1 heterocycles. The standard InChI is InChI=1S/C14H20ClN3O/c1-10(2)16-6-5-14-17-12-9-11(15)3-4-13(12)18(14)7-8-19/h3-4,9-10,16,19H,5-8H2,1-2H3. The highest BCUT2D eigenvalue weighted by atomic mass is 35.5. The van der Waals surface area contributed by atoms with Crippen LogP contribution in [0.25, 0.3) is 11.0 Å². The van der Waals surface area contributed by atoms with Gasteiger partial charge in [-0.3, -0.25) is 0 Å². The van der Waals surface area contributed by atoms with Gasteiger partial charge in [0.15, 0.2) is 0 Å². The van der Waals surface area contributed by atoms with Crippen molar-refractivity contribution in [2.45, 2.75) is 32.9 Å². The van der Waals surface area contributed by atoms with Crippen LogP contribution < -0.4 is 5.32 Å². The average Bonchev–Trinajstić information content (AvgIpc) is 2.67. The van der Waals surface area contributed by atoms with Gasteiger partial charge in [0.25, 0.3) is 0 Å². The van der Waals surface area contributed by atoms with Crippen molar-refractivity contribution in [2.75, 3.05) is 13.2 Å². The summed E-state index contributed by atoms with van der Waals surface area (Å²) in [6.07, 6.45) is 0.838. The zero-order valence-electron chi connectivity index (χ0n) is 11.4. The maximum Gasteiger partial charge on any atom is 0.111 e. The molecule has 0 aliphatic heterocycles. The lowest BCUT2D eigenvalue weighted by Crippen LogP contribution is -2.26. The SMILES string of the molecule is CC(C)NCCc1nc2cc(Cl)ccc2n1CCO. The molecule has 0 saturated heterocycles. The molecule has 0 amide bonds. The number of aliphatic hydroxyl groups excluding tert-OH is 1. The minimum atomic E-state index is 0.110. The number of aromatic nitrogens is 2. The van der Waals surface area contributed by atoms with Crippen LogP contribution in [0.5, 0.6) is 0 Å². The maximum absolute atomic E-state index is 9.20. The number of fused-ring (bicyclic) bond motifs is 1. The fourth-order valence-electron chi connectivity index (χ4n) is 2.17. The van der Waals surface area contributed by atoms with Crippen molar-refractivity contribution in [2.24, 2.45) is 0 Å². The molecule has 4 nitrogen and oxygen atoms in total. The summed E-state index contributed by atoms with van der Waals surface area (Å²) in [4.78, 5) is 4.62. The second-order valence-electron chi connectivity index (χ2n) is 4.90. The Kier molecular flexibility index (Phi) is 4.80. The van der Waals surface area contributed by atoms with Crippen LogP contribution in [0.1, 0.15) is 19.7 Å². The predicted octanol–water partition coefficient (Wildman–Crippen LogP) is 2.22. The minimum absolute atomic E-state index is 0.110. The van der Waals surface area contributed by atoms with E-state index in [9.17, 15) is 5.11 Å². The molecule has 0 aliphatic rings. The Morgan fingerprint density at radius 3 is 2.89 bits per heavy atom. The van der Waals surface area contributed by atoms with E-state index in [0.717, 1.165) is 29.8 Å². The van der Waals surface area contributed by atoms with E-state index in [1.54, 1.807) is 0 Å². The van der Waals surface area contributed by atoms with Gasteiger partial charge in [-0.2, -0.15) is 0 Å². The molecular formula is C14H20ClN3O. The van der Waals surface area contributed by atoms with Crippen molar-refractivity contribution in [1.82, 2.24) is 14.9 Å². The van der Waals surface area contributed by atoms with E-state index in [2.05, 4.69) is 28.7 Å². The lowest BCUT2D eigenvalue weighted by molar-refractivity contribution is 0.276. The van der Waals surface area contributed by atoms with Gasteiger partial charge in [0.1, 0.15) is 5.82 Å². The molecule has 19 heavy (non-hydrogen) atoms. The number of rotatable bonds is 6. The zero-order chi connectivity index (χ0) is 13.8. The summed E-state index contributed by atoms with van der Waals surface area (Å²) in [6.45, 7) is 5.79. The van der Waals surface area contributed by atoms with Crippen LogP contribution in [-0.4, -0.2) is 33.9 Å². The molecule has 5 heteroatoms. The Labute approximate surface area is 118 Å². The second kappa shape index (κ2) is 6.37. The van der Waals surface area contributed by atoms with E-state index >= 15 is 0 Å². The summed E-state index contributed by atoms with van der Waals surface area (Å²) in [5.74, 6) is 0.986. The number of aliphatic hydroxyl groups is 1. The topological polar surface area (TPSA) is 50.1 Å². The average molecular weight is 282 g/mol. The third kappa shape index (κ3) is 3.47. The fraction of sp³-hybridized carbons (Fsp3) is 0.500.